The van der Waals surface area contributed by atoms with Gasteiger partial charge in [-0.3, -0.25) is 0 Å². The van der Waals surface area contributed by atoms with E-state index in [0.717, 1.165) is 0 Å². The van der Waals surface area contributed by atoms with Gasteiger partial charge in [0, 0.05) is 11.3 Å². The smallest absolute Gasteiger partial charge is 0.0274 e. The summed E-state index contributed by atoms with van der Waals surface area (Å²) in [5.74, 6) is 0.414. The van der Waals surface area contributed by atoms with Crippen molar-refractivity contribution in [2.24, 2.45) is 5.92 Å². The van der Waals surface area contributed by atoms with Crippen LogP contribution in [-0.2, 0) is 5.41 Å². The summed E-state index contributed by atoms with van der Waals surface area (Å²) < 4.78 is 0. The van der Waals surface area contributed by atoms with Crippen molar-refractivity contribution < 1.29 is 0 Å². The van der Waals surface area contributed by atoms with Crippen molar-refractivity contribution in [3.8, 4) is 0 Å². The summed E-state index contributed by atoms with van der Waals surface area (Å²) in [6.07, 6.45) is 2.45. The summed E-state index contributed by atoms with van der Waals surface area (Å²) in [5, 5.41) is 0. The molecular formula is C22H24. The Balaban J connectivity index is 2.22. The van der Waals surface area contributed by atoms with Crippen LogP contribution in [0.1, 0.15) is 38.8 Å². The van der Waals surface area contributed by atoms with Crippen molar-refractivity contribution in [2.45, 2.75) is 33.1 Å². The van der Waals surface area contributed by atoms with Crippen LogP contribution in [0.3, 0.4) is 0 Å². The molecule has 0 aliphatic heterocycles. The van der Waals surface area contributed by atoms with Gasteiger partial charge in [0.1, 0.15) is 0 Å². The van der Waals surface area contributed by atoms with Crippen LogP contribution in [0.2, 0.25) is 0 Å². The highest BCUT2D eigenvalue weighted by Gasteiger charge is 2.39. The Labute approximate surface area is 134 Å². The Morgan fingerprint density at radius 2 is 1.18 bits per heavy atom. The van der Waals surface area contributed by atoms with Gasteiger partial charge in [0.2, 0.25) is 0 Å². The summed E-state index contributed by atoms with van der Waals surface area (Å²) >= 11 is 0. The van der Waals surface area contributed by atoms with Crippen molar-refractivity contribution >= 4 is 0 Å². The largest absolute Gasteiger partial charge is 0.0729 e. The molecule has 0 saturated carbocycles. The van der Waals surface area contributed by atoms with Crippen LogP contribution in [-0.4, -0.2) is 0 Å². The summed E-state index contributed by atoms with van der Waals surface area (Å²) in [5.41, 5.74) is 7.08. The first kappa shape index (κ1) is 14.8. The third-order valence-electron chi connectivity index (χ3n) is 5.44. The van der Waals surface area contributed by atoms with Gasteiger partial charge in [0.25, 0.3) is 0 Å². The molecule has 0 heteroatoms. The van der Waals surface area contributed by atoms with Crippen molar-refractivity contribution in [3.63, 3.8) is 0 Å². The van der Waals surface area contributed by atoms with E-state index in [0.29, 0.717) is 5.92 Å². The molecular weight excluding hydrogens is 264 g/mol. The van der Waals surface area contributed by atoms with Crippen molar-refractivity contribution in [1.82, 2.24) is 0 Å². The van der Waals surface area contributed by atoms with E-state index in [4.69, 9.17) is 0 Å². The molecule has 0 spiro atoms. The summed E-state index contributed by atoms with van der Waals surface area (Å²) in [4.78, 5) is 0. The van der Waals surface area contributed by atoms with E-state index in [1.807, 2.05) is 0 Å². The molecule has 2 aromatic rings. The maximum absolute atomic E-state index is 2.45. The molecule has 3 rings (SSSR count). The monoisotopic (exact) mass is 288 g/mol. The Morgan fingerprint density at radius 1 is 0.727 bits per heavy atom. The fourth-order valence-corrected chi connectivity index (χ4v) is 3.74. The van der Waals surface area contributed by atoms with E-state index in [-0.39, 0.29) is 5.41 Å². The molecule has 1 unspecified atom stereocenters. The molecule has 1 aliphatic rings. The average molecular weight is 288 g/mol. The first-order chi connectivity index (χ1) is 10.5. The van der Waals surface area contributed by atoms with Crippen LogP contribution in [0.4, 0.5) is 0 Å². The highest BCUT2D eigenvalue weighted by Crippen LogP contribution is 2.47. The van der Waals surface area contributed by atoms with Gasteiger partial charge in [-0.25, -0.2) is 0 Å². The lowest BCUT2D eigenvalue weighted by molar-refractivity contribution is 0.468. The molecule has 0 saturated heterocycles. The topological polar surface area (TPSA) is 0 Å². The molecule has 1 aliphatic carbocycles. The molecule has 22 heavy (non-hydrogen) atoms. The minimum absolute atomic E-state index is 0.0361. The molecule has 0 fully saturated rings. The van der Waals surface area contributed by atoms with Crippen LogP contribution in [0.15, 0.2) is 83.5 Å². The molecule has 0 amide bonds. The molecule has 0 nitrogen and oxygen atoms in total. The number of benzene rings is 2. The predicted molar refractivity (Wildman–Crippen MR) is 95.0 cm³/mol. The normalized spacial score (nSPS) is 18.5. The van der Waals surface area contributed by atoms with E-state index in [2.05, 4.69) is 94.4 Å². The number of rotatable bonds is 3. The molecule has 0 radical (unpaired) electrons. The average Bonchev–Trinajstić information content (AvgIpc) is 2.83. The molecule has 0 N–H and O–H groups in total. The highest BCUT2D eigenvalue weighted by molar-refractivity contribution is 5.50. The predicted octanol–water partition coefficient (Wildman–Crippen LogP) is 5.91. The standard InChI is InChI=1S/C22H24/c1-16-15-21(18(3)17(16)2)22(4,19-11-7-5-8-12-19)20-13-9-6-10-14-20/h5-15,21H,1-4H3. The van der Waals surface area contributed by atoms with Crippen LogP contribution in [0.5, 0.6) is 0 Å². The Kier molecular flexibility index (Phi) is 3.78. The number of hydrogen-bond acceptors (Lipinski definition) is 0. The second-order valence-electron chi connectivity index (χ2n) is 6.57. The van der Waals surface area contributed by atoms with Gasteiger partial charge in [-0.2, -0.15) is 0 Å². The summed E-state index contributed by atoms with van der Waals surface area (Å²) in [7, 11) is 0. The second kappa shape index (κ2) is 5.61. The molecule has 1 atom stereocenters. The summed E-state index contributed by atoms with van der Waals surface area (Å²) in [6, 6.07) is 21.8. The van der Waals surface area contributed by atoms with Crippen LogP contribution < -0.4 is 0 Å². The quantitative estimate of drug-likeness (QED) is 0.659. The van der Waals surface area contributed by atoms with E-state index < -0.39 is 0 Å². The lowest BCUT2D eigenvalue weighted by Gasteiger charge is -2.37. The van der Waals surface area contributed by atoms with E-state index in [9.17, 15) is 0 Å². The minimum atomic E-state index is -0.0361. The maximum Gasteiger partial charge on any atom is 0.0274 e. The van der Waals surface area contributed by atoms with Gasteiger partial charge in [-0.05, 0) is 37.5 Å². The van der Waals surface area contributed by atoms with Crippen molar-refractivity contribution in [3.05, 3.63) is 94.6 Å². The van der Waals surface area contributed by atoms with Crippen molar-refractivity contribution in [2.75, 3.05) is 0 Å². The van der Waals surface area contributed by atoms with E-state index >= 15 is 0 Å². The zero-order valence-corrected chi connectivity index (χ0v) is 13.9. The number of hydrogen-bond donors (Lipinski definition) is 0. The Bertz CT molecular complexity index is 678. The molecule has 0 bridgehead atoms. The lowest BCUT2D eigenvalue weighted by atomic mass is 9.65. The fourth-order valence-electron chi connectivity index (χ4n) is 3.74. The lowest BCUT2D eigenvalue weighted by Crippen LogP contribution is -2.32. The van der Waals surface area contributed by atoms with Crippen LogP contribution >= 0.6 is 0 Å². The van der Waals surface area contributed by atoms with Gasteiger partial charge in [-0.1, -0.05) is 84.8 Å². The first-order valence-corrected chi connectivity index (χ1v) is 8.02. The molecule has 2 aromatic carbocycles. The van der Waals surface area contributed by atoms with Gasteiger partial charge in [0.05, 0.1) is 0 Å². The van der Waals surface area contributed by atoms with Gasteiger partial charge >= 0.3 is 0 Å². The van der Waals surface area contributed by atoms with Gasteiger partial charge in [-0.15, -0.1) is 0 Å². The fraction of sp³-hybridized carbons (Fsp3) is 0.273. The van der Waals surface area contributed by atoms with Crippen molar-refractivity contribution in [1.29, 1.82) is 0 Å². The Morgan fingerprint density at radius 3 is 1.55 bits per heavy atom. The molecule has 112 valence electrons. The third-order valence-corrected chi connectivity index (χ3v) is 5.44. The maximum atomic E-state index is 2.45. The zero-order chi connectivity index (χ0) is 15.7. The van der Waals surface area contributed by atoms with E-state index in [1.165, 1.54) is 27.8 Å². The summed E-state index contributed by atoms with van der Waals surface area (Å²) in [6.45, 7) is 9.15. The number of allylic oxidation sites excluding steroid dienone is 4. The third kappa shape index (κ3) is 2.23. The SMILES string of the molecule is CC1=CC(C(C)(c2ccccc2)c2ccccc2)C(C)=C1C. The minimum Gasteiger partial charge on any atom is -0.0729 e. The molecule has 0 heterocycles. The van der Waals surface area contributed by atoms with Gasteiger partial charge < -0.3 is 0 Å². The first-order valence-electron chi connectivity index (χ1n) is 8.02. The van der Waals surface area contributed by atoms with Crippen LogP contribution in [0, 0.1) is 5.92 Å². The van der Waals surface area contributed by atoms with Gasteiger partial charge in [0.15, 0.2) is 0 Å². The molecule has 0 aromatic heterocycles. The second-order valence-corrected chi connectivity index (χ2v) is 6.57. The van der Waals surface area contributed by atoms with Crippen LogP contribution in [0.25, 0.3) is 0 Å². The Hall–Kier alpha value is -2.08. The highest BCUT2D eigenvalue weighted by atomic mass is 14.4. The zero-order valence-electron chi connectivity index (χ0n) is 13.9. The van der Waals surface area contributed by atoms with E-state index in [1.54, 1.807) is 0 Å².